The summed E-state index contributed by atoms with van der Waals surface area (Å²) in [5, 5.41) is 2.24. The maximum Gasteiger partial charge on any atom is 0.331 e. The van der Waals surface area contributed by atoms with Crippen LogP contribution in [0.1, 0.15) is 36.5 Å². The highest BCUT2D eigenvalue weighted by Gasteiger charge is 2.35. The Hall–Kier alpha value is -3.21. The molecule has 0 atom stereocenters. The van der Waals surface area contributed by atoms with Gasteiger partial charge in [-0.2, -0.15) is 0 Å². The Labute approximate surface area is 152 Å². The first-order valence-corrected chi connectivity index (χ1v) is 8.48. The highest BCUT2D eigenvalue weighted by molar-refractivity contribution is 6.30. The number of carbonyl (C=O) groups is 3. The minimum Gasteiger partial charge on any atom is -0.273 e. The van der Waals surface area contributed by atoms with Crippen LogP contribution in [-0.2, 0) is 16.1 Å². The molecule has 1 aliphatic heterocycles. The SMILES string of the molecule is CC(C)c1ccc(/C=C2/C(=O)NC(=O)N(Cc3ccccc3)C2=O)cc1. The molecule has 2 aromatic carbocycles. The van der Waals surface area contributed by atoms with Gasteiger partial charge >= 0.3 is 6.03 Å². The van der Waals surface area contributed by atoms with Crippen LogP contribution in [0.3, 0.4) is 0 Å². The first kappa shape index (κ1) is 17.6. The van der Waals surface area contributed by atoms with Crippen LogP contribution < -0.4 is 5.32 Å². The van der Waals surface area contributed by atoms with Crippen molar-refractivity contribution in [2.24, 2.45) is 0 Å². The van der Waals surface area contributed by atoms with Gasteiger partial charge in [-0.3, -0.25) is 19.8 Å². The largest absolute Gasteiger partial charge is 0.331 e. The molecule has 5 heteroatoms. The van der Waals surface area contributed by atoms with Gasteiger partial charge in [-0.15, -0.1) is 0 Å². The number of rotatable bonds is 4. The smallest absolute Gasteiger partial charge is 0.273 e. The summed E-state index contributed by atoms with van der Waals surface area (Å²) in [6, 6.07) is 16.1. The number of nitrogens with one attached hydrogen (secondary N) is 1. The van der Waals surface area contributed by atoms with Crippen molar-refractivity contribution in [3.8, 4) is 0 Å². The molecule has 1 N–H and O–H groups in total. The van der Waals surface area contributed by atoms with Gasteiger partial charge < -0.3 is 0 Å². The van der Waals surface area contributed by atoms with Crippen LogP contribution in [0.4, 0.5) is 4.79 Å². The number of amides is 4. The zero-order valence-corrected chi connectivity index (χ0v) is 14.7. The van der Waals surface area contributed by atoms with E-state index in [2.05, 4.69) is 19.2 Å². The summed E-state index contributed by atoms with van der Waals surface area (Å²) in [7, 11) is 0. The Bertz CT molecular complexity index is 868. The van der Waals surface area contributed by atoms with Crippen LogP contribution in [0, 0.1) is 0 Å². The van der Waals surface area contributed by atoms with Crippen LogP contribution in [0.25, 0.3) is 6.08 Å². The molecule has 5 nitrogen and oxygen atoms in total. The minimum absolute atomic E-state index is 0.0437. The summed E-state index contributed by atoms with van der Waals surface area (Å²) in [6.07, 6.45) is 1.52. The third kappa shape index (κ3) is 3.72. The fourth-order valence-electron chi connectivity index (χ4n) is 2.75. The van der Waals surface area contributed by atoms with Crippen LogP contribution in [-0.4, -0.2) is 22.7 Å². The minimum atomic E-state index is -0.698. The van der Waals surface area contributed by atoms with Crippen molar-refractivity contribution in [2.45, 2.75) is 26.3 Å². The molecule has 4 amide bonds. The molecule has 1 fully saturated rings. The number of hydrogen-bond donors (Lipinski definition) is 1. The third-order valence-electron chi connectivity index (χ3n) is 4.28. The van der Waals surface area contributed by atoms with Gasteiger partial charge in [0.05, 0.1) is 6.54 Å². The van der Waals surface area contributed by atoms with E-state index in [-0.39, 0.29) is 12.1 Å². The van der Waals surface area contributed by atoms with Crippen molar-refractivity contribution in [3.63, 3.8) is 0 Å². The van der Waals surface area contributed by atoms with Crippen molar-refractivity contribution >= 4 is 23.9 Å². The van der Waals surface area contributed by atoms with E-state index in [0.29, 0.717) is 5.92 Å². The van der Waals surface area contributed by atoms with E-state index in [1.54, 1.807) is 0 Å². The molecule has 0 bridgehead atoms. The predicted molar refractivity (Wildman–Crippen MR) is 99.0 cm³/mol. The highest BCUT2D eigenvalue weighted by Crippen LogP contribution is 2.19. The van der Waals surface area contributed by atoms with E-state index in [1.807, 2.05) is 54.6 Å². The Morgan fingerprint density at radius 3 is 2.23 bits per heavy atom. The Morgan fingerprint density at radius 2 is 1.62 bits per heavy atom. The fourth-order valence-corrected chi connectivity index (χ4v) is 2.75. The summed E-state index contributed by atoms with van der Waals surface area (Å²) >= 11 is 0. The molecule has 26 heavy (non-hydrogen) atoms. The van der Waals surface area contributed by atoms with Gasteiger partial charge in [0.2, 0.25) is 0 Å². The average molecular weight is 348 g/mol. The van der Waals surface area contributed by atoms with E-state index in [1.165, 1.54) is 11.6 Å². The number of hydrogen-bond acceptors (Lipinski definition) is 3. The van der Waals surface area contributed by atoms with Crippen molar-refractivity contribution in [1.29, 1.82) is 0 Å². The molecular weight excluding hydrogens is 328 g/mol. The van der Waals surface area contributed by atoms with Gasteiger partial charge in [-0.05, 0) is 28.7 Å². The third-order valence-corrected chi connectivity index (χ3v) is 4.28. The highest BCUT2D eigenvalue weighted by atomic mass is 16.2. The predicted octanol–water partition coefficient (Wildman–Crippen LogP) is 3.47. The van der Waals surface area contributed by atoms with Crippen LogP contribution in [0.5, 0.6) is 0 Å². The fraction of sp³-hybridized carbons (Fsp3) is 0.190. The van der Waals surface area contributed by atoms with Crippen molar-refractivity contribution in [3.05, 3.63) is 76.9 Å². The Morgan fingerprint density at radius 1 is 0.962 bits per heavy atom. The van der Waals surface area contributed by atoms with Gasteiger partial charge in [0.1, 0.15) is 5.57 Å². The zero-order chi connectivity index (χ0) is 18.7. The molecule has 3 rings (SSSR count). The van der Waals surface area contributed by atoms with Crippen molar-refractivity contribution in [2.75, 3.05) is 0 Å². The van der Waals surface area contributed by atoms with Gasteiger partial charge in [0.25, 0.3) is 11.8 Å². The molecule has 0 aromatic heterocycles. The molecule has 2 aromatic rings. The van der Waals surface area contributed by atoms with E-state index in [9.17, 15) is 14.4 Å². The van der Waals surface area contributed by atoms with Crippen LogP contribution in [0.2, 0.25) is 0 Å². The van der Waals surface area contributed by atoms with Crippen molar-refractivity contribution < 1.29 is 14.4 Å². The molecular formula is C21H20N2O3. The summed E-state index contributed by atoms with van der Waals surface area (Å²) in [4.78, 5) is 38.0. The molecule has 0 spiro atoms. The van der Waals surface area contributed by atoms with Gasteiger partial charge in [-0.25, -0.2) is 4.79 Å². The molecule has 1 heterocycles. The number of carbonyl (C=O) groups excluding carboxylic acids is 3. The lowest BCUT2D eigenvalue weighted by Crippen LogP contribution is -2.53. The van der Waals surface area contributed by atoms with Gasteiger partial charge in [0.15, 0.2) is 0 Å². The standard InChI is InChI=1S/C21H20N2O3/c1-14(2)17-10-8-15(9-11-17)12-18-19(24)22-21(26)23(20(18)25)13-16-6-4-3-5-7-16/h3-12,14H,13H2,1-2H3,(H,22,24,26)/b18-12-. The summed E-state index contributed by atoms with van der Waals surface area (Å²) in [5.74, 6) is -0.858. The Kier molecular flexibility index (Phi) is 4.98. The van der Waals surface area contributed by atoms with Crippen LogP contribution in [0.15, 0.2) is 60.2 Å². The first-order chi connectivity index (χ1) is 12.5. The number of benzene rings is 2. The second kappa shape index (κ2) is 7.35. The second-order valence-electron chi connectivity index (χ2n) is 6.52. The lowest BCUT2D eigenvalue weighted by molar-refractivity contribution is -0.130. The molecule has 0 radical (unpaired) electrons. The van der Waals surface area contributed by atoms with Gasteiger partial charge in [-0.1, -0.05) is 68.4 Å². The summed E-state index contributed by atoms with van der Waals surface area (Å²) in [6.45, 7) is 4.31. The summed E-state index contributed by atoms with van der Waals surface area (Å²) < 4.78 is 0. The molecule has 0 aliphatic carbocycles. The van der Waals surface area contributed by atoms with E-state index in [4.69, 9.17) is 0 Å². The second-order valence-corrected chi connectivity index (χ2v) is 6.52. The number of barbiturate groups is 1. The molecule has 1 aliphatic rings. The Balaban J connectivity index is 1.87. The van der Waals surface area contributed by atoms with Gasteiger partial charge in [0, 0.05) is 0 Å². The molecule has 0 saturated carbocycles. The average Bonchev–Trinajstić information content (AvgIpc) is 2.63. The normalized spacial score (nSPS) is 16.3. The van der Waals surface area contributed by atoms with E-state index < -0.39 is 17.8 Å². The first-order valence-electron chi connectivity index (χ1n) is 8.48. The number of imide groups is 2. The maximum absolute atomic E-state index is 12.7. The molecule has 132 valence electrons. The number of urea groups is 1. The quantitative estimate of drug-likeness (QED) is 0.679. The molecule has 1 saturated heterocycles. The topological polar surface area (TPSA) is 66.5 Å². The zero-order valence-electron chi connectivity index (χ0n) is 14.7. The van der Waals surface area contributed by atoms with E-state index >= 15 is 0 Å². The number of nitrogens with zero attached hydrogens (tertiary/aromatic N) is 1. The lowest BCUT2D eigenvalue weighted by Gasteiger charge is -2.26. The summed E-state index contributed by atoms with van der Waals surface area (Å²) in [5.41, 5.74) is 2.68. The van der Waals surface area contributed by atoms with Crippen LogP contribution >= 0.6 is 0 Å². The molecule has 0 unspecified atom stereocenters. The monoisotopic (exact) mass is 348 g/mol. The van der Waals surface area contributed by atoms with E-state index in [0.717, 1.165) is 16.0 Å². The maximum atomic E-state index is 12.7. The lowest BCUT2D eigenvalue weighted by atomic mass is 10.0. The van der Waals surface area contributed by atoms with Crippen molar-refractivity contribution in [1.82, 2.24) is 10.2 Å².